The fourth-order valence-electron chi connectivity index (χ4n) is 1.05. The zero-order chi connectivity index (χ0) is 9.68. The predicted molar refractivity (Wildman–Crippen MR) is 55.9 cm³/mol. The van der Waals surface area contributed by atoms with Crippen molar-refractivity contribution in [3.8, 4) is 0 Å². The van der Waals surface area contributed by atoms with Crippen molar-refractivity contribution in [2.45, 2.75) is 25.1 Å². The Morgan fingerprint density at radius 1 is 1.46 bits per heavy atom. The van der Waals surface area contributed by atoms with Gasteiger partial charge in [-0.2, -0.15) is 0 Å². The van der Waals surface area contributed by atoms with Crippen LogP contribution in [0, 0.1) is 0 Å². The minimum absolute atomic E-state index is 0.214. The van der Waals surface area contributed by atoms with E-state index in [9.17, 15) is 4.79 Å². The molecular weight excluding hydrogens is 230 g/mol. The van der Waals surface area contributed by atoms with E-state index in [0.29, 0.717) is 6.42 Å². The van der Waals surface area contributed by atoms with Gasteiger partial charge in [0.25, 0.3) is 0 Å². The van der Waals surface area contributed by atoms with E-state index in [0.717, 1.165) is 23.1 Å². The minimum Gasteiger partial charge on any atom is -0.300 e. The summed E-state index contributed by atoms with van der Waals surface area (Å²) in [5.41, 5.74) is 2.01. The second-order valence-electron chi connectivity index (χ2n) is 2.96. The molecule has 0 unspecified atom stereocenters. The molecule has 1 aromatic heterocycles. The Balaban J connectivity index is 2.61. The Morgan fingerprint density at radius 3 is 2.77 bits per heavy atom. The second-order valence-corrected chi connectivity index (χ2v) is 3.52. The van der Waals surface area contributed by atoms with E-state index in [-0.39, 0.29) is 5.78 Å². The molecule has 0 bridgehead atoms. The lowest BCUT2D eigenvalue weighted by Gasteiger charge is -2.00. The number of ketones is 1. The molecule has 0 saturated heterocycles. The molecule has 0 N–H and O–H groups in total. The van der Waals surface area contributed by atoms with Gasteiger partial charge in [0.05, 0.1) is 5.69 Å². The number of carbonyl (C=O) groups is 1. The number of alkyl halides is 1. The second kappa shape index (κ2) is 5.12. The first kappa shape index (κ1) is 10.4. The van der Waals surface area contributed by atoms with Crippen LogP contribution < -0.4 is 0 Å². The average molecular weight is 242 g/mol. The van der Waals surface area contributed by atoms with Crippen molar-refractivity contribution in [2.24, 2.45) is 0 Å². The van der Waals surface area contributed by atoms with Crippen LogP contribution in [0.4, 0.5) is 0 Å². The third-order valence-corrected chi connectivity index (χ3v) is 2.31. The van der Waals surface area contributed by atoms with Gasteiger partial charge in [-0.3, -0.25) is 4.98 Å². The quantitative estimate of drug-likeness (QED) is 0.759. The highest BCUT2D eigenvalue weighted by atomic mass is 79.9. The van der Waals surface area contributed by atoms with Gasteiger partial charge in [-0.25, -0.2) is 0 Å². The van der Waals surface area contributed by atoms with E-state index >= 15 is 0 Å². The molecule has 0 aliphatic rings. The van der Waals surface area contributed by atoms with Gasteiger partial charge in [0.2, 0.25) is 0 Å². The Morgan fingerprint density at radius 2 is 2.15 bits per heavy atom. The van der Waals surface area contributed by atoms with E-state index in [1.165, 1.54) is 0 Å². The molecule has 1 heterocycles. The van der Waals surface area contributed by atoms with Crippen molar-refractivity contribution in [3.63, 3.8) is 0 Å². The molecule has 0 atom stereocenters. The van der Waals surface area contributed by atoms with Crippen LogP contribution in [0.1, 0.15) is 24.7 Å². The van der Waals surface area contributed by atoms with Gasteiger partial charge in [-0.05, 0) is 25.5 Å². The molecule has 70 valence electrons. The van der Waals surface area contributed by atoms with Crippen molar-refractivity contribution in [1.82, 2.24) is 4.98 Å². The SMILES string of the molecule is CC(=O)CCc1cccc(CBr)n1. The summed E-state index contributed by atoms with van der Waals surface area (Å²) in [6, 6.07) is 5.89. The Bertz CT molecular complexity index is 299. The molecule has 1 rings (SSSR count). The standard InChI is InChI=1S/C10H12BrNO/c1-8(13)5-6-9-3-2-4-10(7-11)12-9/h2-4H,5-7H2,1H3. The van der Waals surface area contributed by atoms with Gasteiger partial charge in [-0.15, -0.1) is 0 Å². The Kier molecular flexibility index (Phi) is 4.09. The number of aromatic nitrogens is 1. The number of nitrogens with zero attached hydrogens (tertiary/aromatic N) is 1. The summed E-state index contributed by atoms with van der Waals surface area (Å²) < 4.78 is 0. The maximum atomic E-state index is 10.7. The number of hydrogen-bond donors (Lipinski definition) is 0. The maximum absolute atomic E-state index is 10.7. The molecule has 0 saturated carbocycles. The molecule has 0 amide bonds. The molecule has 0 aliphatic carbocycles. The van der Waals surface area contributed by atoms with E-state index in [2.05, 4.69) is 20.9 Å². The Labute approximate surface area is 86.5 Å². The highest BCUT2D eigenvalue weighted by molar-refractivity contribution is 9.08. The topological polar surface area (TPSA) is 30.0 Å². The first-order valence-corrected chi connectivity index (χ1v) is 5.34. The van der Waals surface area contributed by atoms with Crippen LogP contribution in [0.15, 0.2) is 18.2 Å². The lowest BCUT2D eigenvalue weighted by molar-refractivity contribution is -0.116. The van der Waals surface area contributed by atoms with Crippen molar-refractivity contribution in [2.75, 3.05) is 0 Å². The van der Waals surface area contributed by atoms with E-state index in [4.69, 9.17) is 0 Å². The Hall–Kier alpha value is -0.700. The number of Topliss-reactive ketones (excluding diaryl/α,β-unsaturated/α-hetero) is 1. The largest absolute Gasteiger partial charge is 0.300 e. The van der Waals surface area contributed by atoms with Crippen LogP contribution in [0.3, 0.4) is 0 Å². The summed E-state index contributed by atoms with van der Waals surface area (Å²) in [5, 5.41) is 0.765. The molecule has 1 aromatic rings. The van der Waals surface area contributed by atoms with Gasteiger partial charge in [-0.1, -0.05) is 22.0 Å². The molecule has 0 spiro atoms. The first-order chi connectivity index (χ1) is 6.22. The summed E-state index contributed by atoms with van der Waals surface area (Å²) in [6.45, 7) is 1.61. The van der Waals surface area contributed by atoms with Crippen LogP contribution in [-0.2, 0) is 16.5 Å². The van der Waals surface area contributed by atoms with Gasteiger partial charge in [0.15, 0.2) is 0 Å². The van der Waals surface area contributed by atoms with Crippen LogP contribution in [0.2, 0.25) is 0 Å². The summed E-state index contributed by atoms with van der Waals surface area (Å²) >= 11 is 3.34. The van der Waals surface area contributed by atoms with E-state index < -0.39 is 0 Å². The molecule has 0 radical (unpaired) electrons. The number of hydrogen-bond acceptors (Lipinski definition) is 2. The van der Waals surface area contributed by atoms with Crippen molar-refractivity contribution < 1.29 is 4.79 Å². The normalized spacial score (nSPS) is 10.0. The number of carbonyl (C=O) groups excluding carboxylic acids is 1. The first-order valence-electron chi connectivity index (χ1n) is 4.22. The van der Waals surface area contributed by atoms with Gasteiger partial charge >= 0.3 is 0 Å². The molecule has 0 aromatic carbocycles. The maximum Gasteiger partial charge on any atom is 0.130 e. The van der Waals surface area contributed by atoms with Crippen molar-refractivity contribution in [3.05, 3.63) is 29.6 Å². The van der Waals surface area contributed by atoms with Crippen molar-refractivity contribution in [1.29, 1.82) is 0 Å². The van der Waals surface area contributed by atoms with Gasteiger partial charge < -0.3 is 4.79 Å². The average Bonchev–Trinajstić information content (AvgIpc) is 2.15. The van der Waals surface area contributed by atoms with Gasteiger partial charge in [0, 0.05) is 17.4 Å². The zero-order valence-electron chi connectivity index (χ0n) is 7.59. The van der Waals surface area contributed by atoms with E-state index in [1.807, 2.05) is 18.2 Å². The third-order valence-electron chi connectivity index (χ3n) is 1.73. The summed E-state index contributed by atoms with van der Waals surface area (Å²) in [6.07, 6.45) is 1.33. The lowest BCUT2D eigenvalue weighted by atomic mass is 10.2. The molecule has 0 fully saturated rings. The van der Waals surface area contributed by atoms with Crippen LogP contribution in [-0.4, -0.2) is 10.8 Å². The monoisotopic (exact) mass is 241 g/mol. The lowest BCUT2D eigenvalue weighted by Crippen LogP contribution is -1.97. The number of rotatable bonds is 4. The highest BCUT2D eigenvalue weighted by Gasteiger charge is 1.98. The van der Waals surface area contributed by atoms with Crippen LogP contribution in [0.25, 0.3) is 0 Å². The summed E-state index contributed by atoms with van der Waals surface area (Å²) in [4.78, 5) is 15.1. The smallest absolute Gasteiger partial charge is 0.130 e. The molecule has 2 nitrogen and oxygen atoms in total. The highest BCUT2D eigenvalue weighted by Crippen LogP contribution is 2.05. The summed E-state index contributed by atoms with van der Waals surface area (Å²) in [7, 11) is 0. The predicted octanol–water partition coefficient (Wildman–Crippen LogP) is 2.50. The molecule has 0 aliphatic heterocycles. The molecule has 3 heteroatoms. The summed E-state index contributed by atoms with van der Waals surface area (Å²) in [5.74, 6) is 0.214. The fraction of sp³-hybridized carbons (Fsp3) is 0.400. The van der Waals surface area contributed by atoms with Crippen LogP contribution >= 0.6 is 15.9 Å². The van der Waals surface area contributed by atoms with Crippen LogP contribution in [0.5, 0.6) is 0 Å². The van der Waals surface area contributed by atoms with E-state index in [1.54, 1.807) is 6.92 Å². The molecular formula is C10H12BrNO. The minimum atomic E-state index is 0.214. The fourth-order valence-corrected chi connectivity index (χ4v) is 1.36. The number of halogens is 1. The molecule has 13 heavy (non-hydrogen) atoms. The number of pyridine rings is 1. The zero-order valence-corrected chi connectivity index (χ0v) is 9.17. The third kappa shape index (κ3) is 3.68. The van der Waals surface area contributed by atoms with Gasteiger partial charge in [0.1, 0.15) is 5.78 Å². The van der Waals surface area contributed by atoms with Crippen molar-refractivity contribution >= 4 is 21.7 Å². The number of aryl methyl sites for hydroxylation is 1.